The van der Waals surface area contributed by atoms with E-state index in [4.69, 9.17) is 9.84 Å². The molecule has 1 fully saturated rings. The normalized spacial score (nSPS) is 22.1. The van der Waals surface area contributed by atoms with Crippen LogP contribution in [0, 0.1) is 0 Å². The summed E-state index contributed by atoms with van der Waals surface area (Å²) in [6.45, 7) is 0.574. The summed E-state index contributed by atoms with van der Waals surface area (Å²) in [5.74, 6) is 1.63. The van der Waals surface area contributed by atoms with E-state index >= 15 is 0 Å². The molecule has 4 nitrogen and oxygen atoms in total. The second-order valence-electron chi connectivity index (χ2n) is 2.43. The molecule has 0 amide bonds. The van der Waals surface area contributed by atoms with Crippen LogP contribution in [0.25, 0.3) is 0 Å². The number of rotatable bonds is 5. The van der Waals surface area contributed by atoms with Crippen molar-refractivity contribution in [1.82, 2.24) is 0 Å². The summed E-state index contributed by atoms with van der Waals surface area (Å²) in [6, 6.07) is 0. The Kier molecular flexibility index (Phi) is 4.24. The van der Waals surface area contributed by atoms with Crippen molar-refractivity contribution in [1.29, 1.82) is 0 Å². The van der Waals surface area contributed by atoms with Gasteiger partial charge in [0.25, 0.3) is 0 Å². The highest BCUT2D eigenvalue weighted by Gasteiger charge is 2.23. The Hall–Kier alpha value is -0.420. The number of cyclic esters (lactones) is 2. The van der Waals surface area contributed by atoms with Crippen molar-refractivity contribution in [3.8, 4) is 0 Å². The number of thioether (sulfide) groups is 1. The third-order valence-corrected chi connectivity index (χ3v) is 2.47. The van der Waals surface area contributed by atoms with E-state index < -0.39 is 6.16 Å². The molecular weight excluding hydrogens is 180 g/mol. The lowest BCUT2D eigenvalue weighted by Crippen LogP contribution is -2.10. The van der Waals surface area contributed by atoms with Crippen molar-refractivity contribution in [3.63, 3.8) is 0 Å². The van der Waals surface area contributed by atoms with Crippen molar-refractivity contribution >= 4 is 17.9 Å². The lowest BCUT2D eigenvalue weighted by Gasteiger charge is -2.04. The van der Waals surface area contributed by atoms with Gasteiger partial charge in [-0.2, -0.15) is 11.8 Å². The van der Waals surface area contributed by atoms with Crippen molar-refractivity contribution in [2.24, 2.45) is 0 Å². The number of aliphatic hydroxyl groups is 1. The zero-order valence-corrected chi connectivity index (χ0v) is 7.51. The minimum Gasteiger partial charge on any atom is -0.430 e. The predicted octanol–water partition coefficient (Wildman–Crippen LogP) is 0.637. The zero-order chi connectivity index (χ0) is 8.81. The van der Waals surface area contributed by atoms with E-state index in [1.54, 1.807) is 11.8 Å². The summed E-state index contributed by atoms with van der Waals surface area (Å²) < 4.78 is 9.41. The highest BCUT2D eigenvalue weighted by atomic mass is 32.2. The maximum absolute atomic E-state index is 10.5. The summed E-state index contributed by atoms with van der Waals surface area (Å²) in [5.41, 5.74) is 0. The number of ether oxygens (including phenoxy) is 2. The number of aliphatic hydroxyl groups excluding tert-OH is 1. The lowest BCUT2D eigenvalue weighted by molar-refractivity contribution is 0.117. The van der Waals surface area contributed by atoms with Crippen LogP contribution in [0.5, 0.6) is 0 Å². The molecule has 12 heavy (non-hydrogen) atoms. The van der Waals surface area contributed by atoms with Crippen LogP contribution in [0.2, 0.25) is 0 Å². The van der Waals surface area contributed by atoms with E-state index in [0.29, 0.717) is 6.61 Å². The van der Waals surface area contributed by atoms with Crippen molar-refractivity contribution in [3.05, 3.63) is 0 Å². The molecule has 0 aliphatic carbocycles. The van der Waals surface area contributed by atoms with Crippen molar-refractivity contribution < 1.29 is 19.4 Å². The van der Waals surface area contributed by atoms with E-state index in [9.17, 15) is 4.79 Å². The fourth-order valence-corrected chi connectivity index (χ4v) is 1.65. The number of carbonyl (C=O) groups is 1. The minimum atomic E-state index is -0.563. The van der Waals surface area contributed by atoms with E-state index in [0.717, 1.165) is 17.9 Å². The average Bonchev–Trinajstić information content (AvgIpc) is 2.45. The molecule has 5 heteroatoms. The Labute approximate surface area is 75.2 Å². The second-order valence-corrected chi connectivity index (χ2v) is 3.65. The molecule has 1 N–H and O–H groups in total. The molecule has 1 rings (SSSR count). The van der Waals surface area contributed by atoms with Gasteiger partial charge in [0.15, 0.2) is 0 Å². The maximum Gasteiger partial charge on any atom is 0.508 e. The molecule has 0 aromatic rings. The summed E-state index contributed by atoms with van der Waals surface area (Å²) in [5, 5.41) is 8.47. The second kappa shape index (κ2) is 5.27. The molecule has 1 aliphatic rings. The Morgan fingerprint density at radius 3 is 3.00 bits per heavy atom. The highest BCUT2D eigenvalue weighted by molar-refractivity contribution is 7.99. The Bertz CT molecular complexity index is 150. The van der Waals surface area contributed by atoms with Gasteiger partial charge < -0.3 is 14.6 Å². The Morgan fingerprint density at radius 1 is 1.58 bits per heavy atom. The number of hydrogen-bond acceptors (Lipinski definition) is 5. The smallest absolute Gasteiger partial charge is 0.430 e. The number of hydrogen-bond donors (Lipinski definition) is 1. The first-order chi connectivity index (χ1) is 5.83. The van der Waals surface area contributed by atoms with Crippen LogP contribution in [0.4, 0.5) is 4.79 Å². The Balaban J connectivity index is 1.97. The van der Waals surface area contributed by atoms with Gasteiger partial charge in [-0.25, -0.2) is 4.79 Å². The third kappa shape index (κ3) is 3.32. The minimum absolute atomic E-state index is 0.0799. The lowest BCUT2D eigenvalue weighted by atomic mass is 10.3. The fourth-order valence-electron chi connectivity index (χ4n) is 0.889. The van der Waals surface area contributed by atoms with E-state index in [-0.39, 0.29) is 12.7 Å². The highest BCUT2D eigenvalue weighted by Crippen LogP contribution is 2.12. The Morgan fingerprint density at radius 2 is 2.42 bits per heavy atom. The van der Waals surface area contributed by atoms with Gasteiger partial charge in [-0.15, -0.1) is 0 Å². The zero-order valence-electron chi connectivity index (χ0n) is 6.69. The molecule has 0 aromatic heterocycles. The van der Waals surface area contributed by atoms with E-state index in [1.807, 2.05) is 0 Å². The van der Waals surface area contributed by atoms with Crippen LogP contribution in [0.1, 0.15) is 6.42 Å². The van der Waals surface area contributed by atoms with Gasteiger partial charge in [-0.1, -0.05) is 0 Å². The molecule has 1 heterocycles. The van der Waals surface area contributed by atoms with Gasteiger partial charge in [-0.3, -0.25) is 0 Å². The van der Waals surface area contributed by atoms with Crippen molar-refractivity contribution in [2.75, 3.05) is 24.7 Å². The molecule has 1 atom stereocenters. The van der Waals surface area contributed by atoms with Crippen LogP contribution in [-0.2, 0) is 9.47 Å². The molecule has 1 aliphatic heterocycles. The topological polar surface area (TPSA) is 55.8 Å². The van der Waals surface area contributed by atoms with Gasteiger partial charge in [0.2, 0.25) is 0 Å². The fraction of sp³-hybridized carbons (Fsp3) is 0.857. The van der Waals surface area contributed by atoms with Crippen LogP contribution in [0.3, 0.4) is 0 Å². The molecule has 1 unspecified atom stereocenters. The first-order valence-electron chi connectivity index (χ1n) is 3.85. The predicted molar refractivity (Wildman–Crippen MR) is 45.2 cm³/mol. The average molecular weight is 192 g/mol. The quantitative estimate of drug-likeness (QED) is 0.511. The molecule has 0 bridgehead atoms. The summed E-state index contributed by atoms with van der Waals surface area (Å²) in [4.78, 5) is 10.5. The van der Waals surface area contributed by atoms with Gasteiger partial charge in [-0.05, 0) is 12.2 Å². The first-order valence-corrected chi connectivity index (χ1v) is 5.00. The van der Waals surface area contributed by atoms with Crippen LogP contribution in [0.15, 0.2) is 0 Å². The first kappa shape index (κ1) is 9.67. The van der Waals surface area contributed by atoms with Gasteiger partial charge in [0.05, 0.1) is 6.61 Å². The largest absolute Gasteiger partial charge is 0.508 e. The molecule has 0 aromatic carbocycles. The summed E-state index contributed by atoms with van der Waals surface area (Å²) >= 11 is 1.64. The van der Waals surface area contributed by atoms with Crippen LogP contribution in [-0.4, -0.2) is 42.1 Å². The monoisotopic (exact) mass is 192 g/mol. The van der Waals surface area contributed by atoms with Gasteiger partial charge in [0, 0.05) is 5.75 Å². The summed E-state index contributed by atoms with van der Waals surface area (Å²) in [7, 11) is 0. The van der Waals surface area contributed by atoms with Gasteiger partial charge in [0.1, 0.15) is 12.7 Å². The van der Waals surface area contributed by atoms with Crippen LogP contribution >= 0.6 is 11.8 Å². The standard InChI is InChI=1S/C7H12O4S/c8-2-4-12-3-1-6-5-10-7(9)11-6/h6,8H,1-5H2. The maximum atomic E-state index is 10.5. The number of carbonyl (C=O) groups excluding carboxylic acids is 1. The molecule has 1 saturated heterocycles. The molecular formula is C7H12O4S. The van der Waals surface area contributed by atoms with Crippen molar-refractivity contribution in [2.45, 2.75) is 12.5 Å². The van der Waals surface area contributed by atoms with E-state index in [2.05, 4.69) is 4.74 Å². The molecule has 70 valence electrons. The summed E-state index contributed by atoms with van der Waals surface area (Å²) in [6.07, 6.45) is 0.159. The van der Waals surface area contributed by atoms with Crippen LogP contribution < -0.4 is 0 Å². The van der Waals surface area contributed by atoms with Gasteiger partial charge >= 0.3 is 6.16 Å². The SMILES string of the molecule is O=C1OCC(CCSCCO)O1. The molecule has 0 saturated carbocycles. The molecule has 0 radical (unpaired) electrons. The third-order valence-electron chi connectivity index (χ3n) is 1.47. The molecule has 0 spiro atoms. The van der Waals surface area contributed by atoms with E-state index in [1.165, 1.54) is 0 Å².